The van der Waals surface area contributed by atoms with Crippen molar-refractivity contribution in [3.63, 3.8) is 0 Å². The summed E-state index contributed by atoms with van der Waals surface area (Å²) in [6.07, 6.45) is 0. The van der Waals surface area contributed by atoms with Crippen molar-refractivity contribution in [1.82, 2.24) is 15.2 Å². The molecule has 2 heterocycles. The van der Waals surface area contributed by atoms with Crippen LogP contribution in [0.4, 0.5) is 5.13 Å². The molecule has 23 heavy (non-hydrogen) atoms. The minimum absolute atomic E-state index is 0.254. The van der Waals surface area contributed by atoms with E-state index in [1.807, 2.05) is 31.2 Å². The summed E-state index contributed by atoms with van der Waals surface area (Å²) in [6, 6.07) is 11.7. The van der Waals surface area contributed by atoms with E-state index in [0.29, 0.717) is 10.8 Å². The molecule has 0 saturated carbocycles. The number of hydrogen-bond acceptors (Lipinski definition) is 4. The summed E-state index contributed by atoms with van der Waals surface area (Å²) in [6.45, 7) is 4.09. The molecule has 0 unspecified atom stereocenters. The summed E-state index contributed by atoms with van der Waals surface area (Å²) in [5, 5.41) is 11.2. The fourth-order valence-electron chi connectivity index (χ4n) is 2.72. The van der Waals surface area contributed by atoms with Crippen LogP contribution in [0.2, 0.25) is 0 Å². The Hall–Kier alpha value is -2.73. The van der Waals surface area contributed by atoms with Gasteiger partial charge in [-0.1, -0.05) is 35.6 Å². The van der Waals surface area contributed by atoms with Crippen LogP contribution < -0.4 is 5.32 Å². The fourth-order valence-corrected chi connectivity index (χ4v) is 3.75. The zero-order valence-electron chi connectivity index (χ0n) is 12.7. The molecule has 0 radical (unpaired) electrons. The molecule has 1 amide bonds. The SMILES string of the molecule is Cc1cc(C)c2nc(NC(=O)c3n[nH]c4ccccc34)sc2c1. The van der Waals surface area contributed by atoms with Gasteiger partial charge in [-0.25, -0.2) is 4.98 Å². The monoisotopic (exact) mass is 322 g/mol. The Morgan fingerprint density at radius 1 is 1.22 bits per heavy atom. The summed E-state index contributed by atoms with van der Waals surface area (Å²) < 4.78 is 1.07. The molecule has 4 aromatic rings. The lowest BCUT2D eigenvalue weighted by atomic mass is 10.1. The number of hydrogen-bond donors (Lipinski definition) is 2. The van der Waals surface area contributed by atoms with Crippen molar-refractivity contribution in [3.05, 3.63) is 53.2 Å². The molecule has 4 rings (SSSR count). The molecule has 0 atom stereocenters. The van der Waals surface area contributed by atoms with Gasteiger partial charge < -0.3 is 0 Å². The van der Waals surface area contributed by atoms with E-state index in [4.69, 9.17) is 0 Å². The predicted octanol–water partition coefficient (Wildman–Crippen LogP) is 4.04. The quantitative estimate of drug-likeness (QED) is 0.585. The molecule has 2 aromatic carbocycles. The van der Waals surface area contributed by atoms with Crippen molar-refractivity contribution in [2.24, 2.45) is 0 Å². The minimum Gasteiger partial charge on any atom is -0.296 e. The zero-order chi connectivity index (χ0) is 16.0. The van der Waals surface area contributed by atoms with Crippen LogP contribution in [0.15, 0.2) is 36.4 Å². The van der Waals surface area contributed by atoms with Gasteiger partial charge in [-0.05, 0) is 37.1 Å². The molecule has 0 aliphatic heterocycles. The second kappa shape index (κ2) is 5.17. The number of anilines is 1. The molecule has 0 spiro atoms. The molecule has 114 valence electrons. The first-order valence-electron chi connectivity index (χ1n) is 7.24. The third kappa shape index (κ3) is 2.37. The topological polar surface area (TPSA) is 70.7 Å². The van der Waals surface area contributed by atoms with Gasteiger partial charge in [-0.15, -0.1) is 0 Å². The smallest absolute Gasteiger partial charge is 0.278 e. The number of aromatic nitrogens is 3. The van der Waals surface area contributed by atoms with Crippen LogP contribution in [0.3, 0.4) is 0 Å². The number of carbonyl (C=O) groups is 1. The van der Waals surface area contributed by atoms with Gasteiger partial charge in [0.25, 0.3) is 5.91 Å². The summed E-state index contributed by atoms with van der Waals surface area (Å²) in [5.41, 5.74) is 4.46. The first-order chi connectivity index (χ1) is 11.1. The molecular weight excluding hydrogens is 308 g/mol. The van der Waals surface area contributed by atoms with Crippen molar-refractivity contribution in [2.45, 2.75) is 13.8 Å². The number of H-pyrrole nitrogens is 1. The zero-order valence-corrected chi connectivity index (χ0v) is 13.5. The molecule has 0 bridgehead atoms. The number of nitrogens with zero attached hydrogens (tertiary/aromatic N) is 2. The van der Waals surface area contributed by atoms with E-state index in [0.717, 1.165) is 26.7 Å². The lowest BCUT2D eigenvalue weighted by Gasteiger charge is -1.98. The average Bonchev–Trinajstić information content (AvgIpc) is 3.10. The molecule has 0 fully saturated rings. The van der Waals surface area contributed by atoms with E-state index in [2.05, 4.69) is 39.6 Å². The second-order valence-corrected chi connectivity index (χ2v) is 6.55. The van der Waals surface area contributed by atoms with Crippen LogP contribution >= 0.6 is 11.3 Å². The predicted molar refractivity (Wildman–Crippen MR) is 93.1 cm³/mol. The summed E-state index contributed by atoms with van der Waals surface area (Å²) in [7, 11) is 0. The highest BCUT2D eigenvalue weighted by molar-refractivity contribution is 7.22. The largest absolute Gasteiger partial charge is 0.296 e. The number of aryl methyl sites for hydroxylation is 2. The average molecular weight is 322 g/mol. The molecule has 6 heteroatoms. The lowest BCUT2D eigenvalue weighted by Crippen LogP contribution is -2.12. The maximum absolute atomic E-state index is 12.5. The van der Waals surface area contributed by atoms with Gasteiger partial charge in [-0.2, -0.15) is 5.10 Å². The first kappa shape index (κ1) is 13.9. The number of nitrogens with one attached hydrogen (secondary N) is 2. The summed E-state index contributed by atoms with van der Waals surface area (Å²) in [5.74, 6) is -0.254. The molecular formula is C17H14N4OS. The van der Waals surface area contributed by atoms with Crippen LogP contribution in [0.5, 0.6) is 0 Å². The van der Waals surface area contributed by atoms with Gasteiger partial charge in [-0.3, -0.25) is 15.2 Å². The maximum atomic E-state index is 12.5. The first-order valence-corrected chi connectivity index (χ1v) is 8.06. The van der Waals surface area contributed by atoms with E-state index in [9.17, 15) is 4.79 Å². The Balaban J connectivity index is 1.70. The molecule has 0 aliphatic carbocycles. The molecule has 2 aromatic heterocycles. The van der Waals surface area contributed by atoms with Crippen LogP contribution in [-0.2, 0) is 0 Å². The van der Waals surface area contributed by atoms with E-state index >= 15 is 0 Å². The molecule has 0 saturated heterocycles. The van der Waals surface area contributed by atoms with Crippen molar-refractivity contribution in [2.75, 3.05) is 5.32 Å². The van der Waals surface area contributed by atoms with Crippen molar-refractivity contribution in [3.8, 4) is 0 Å². The van der Waals surface area contributed by atoms with Crippen LogP contribution in [0.25, 0.3) is 21.1 Å². The second-order valence-electron chi connectivity index (χ2n) is 5.52. The normalized spacial score (nSPS) is 11.2. The third-order valence-corrected chi connectivity index (χ3v) is 4.65. The number of carbonyl (C=O) groups excluding carboxylic acids is 1. The van der Waals surface area contributed by atoms with E-state index in [1.54, 1.807) is 0 Å². The highest BCUT2D eigenvalue weighted by Crippen LogP contribution is 2.29. The fraction of sp³-hybridized carbons (Fsp3) is 0.118. The van der Waals surface area contributed by atoms with Gasteiger partial charge >= 0.3 is 0 Å². The number of thiazole rings is 1. The lowest BCUT2D eigenvalue weighted by molar-refractivity contribution is 0.102. The van der Waals surface area contributed by atoms with Gasteiger partial charge in [0.2, 0.25) is 0 Å². The summed E-state index contributed by atoms with van der Waals surface area (Å²) >= 11 is 1.48. The van der Waals surface area contributed by atoms with Crippen LogP contribution in [-0.4, -0.2) is 21.1 Å². The Kier molecular flexibility index (Phi) is 3.12. The Morgan fingerprint density at radius 2 is 2.04 bits per heavy atom. The number of amides is 1. The van der Waals surface area contributed by atoms with Crippen molar-refractivity contribution < 1.29 is 4.79 Å². The van der Waals surface area contributed by atoms with Gasteiger partial charge in [0.15, 0.2) is 10.8 Å². The number of benzene rings is 2. The molecule has 5 nitrogen and oxygen atoms in total. The van der Waals surface area contributed by atoms with E-state index < -0.39 is 0 Å². The Bertz CT molecular complexity index is 1050. The Labute approximate surface area is 136 Å². The van der Waals surface area contributed by atoms with Crippen molar-refractivity contribution in [1.29, 1.82) is 0 Å². The summed E-state index contributed by atoms with van der Waals surface area (Å²) in [4.78, 5) is 17.0. The van der Waals surface area contributed by atoms with Gasteiger partial charge in [0, 0.05) is 5.39 Å². The number of aromatic amines is 1. The number of rotatable bonds is 2. The van der Waals surface area contributed by atoms with E-state index in [-0.39, 0.29) is 5.91 Å². The number of fused-ring (bicyclic) bond motifs is 2. The minimum atomic E-state index is -0.254. The van der Waals surface area contributed by atoms with E-state index in [1.165, 1.54) is 16.9 Å². The Morgan fingerprint density at radius 3 is 2.91 bits per heavy atom. The maximum Gasteiger partial charge on any atom is 0.278 e. The third-order valence-electron chi connectivity index (χ3n) is 3.74. The van der Waals surface area contributed by atoms with Gasteiger partial charge in [0.1, 0.15) is 0 Å². The van der Waals surface area contributed by atoms with Gasteiger partial charge in [0.05, 0.1) is 15.7 Å². The number of para-hydroxylation sites is 1. The standard InChI is InChI=1S/C17H14N4OS/c1-9-7-10(2)14-13(8-9)23-17(18-14)19-16(22)15-11-5-3-4-6-12(11)20-21-15/h3-8H,1-2H3,(H,20,21)(H,18,19,22). The van der Waals surface area contributed by atoms with Crippen molar-refractivity contribution >= 4 is 43.5 Å². The molecule has 0 aliphatic rings. The van der Waals surface area contributed by atoms with Crippen LogP contribution in [0.1, 0.15) is 21.6 Å². The highest BCUT2D eigenvalue weighted by atomic mass is 32.1. The van der Waals surface area contributed by atoms with Crippen LogP contribution in [0, 0.1) is 13.8 Å². The molecule has 2 N–H and O–H groups in total. The highest BCUT2D eigenvalue weighted by Gasteiger charge is 2.16.